The van der Waals surface area contributed by atoms with Gasteiger partial charge in [0.2, 0.25) is 5.91 Å². The number of aromatic nitrogens is 1. The summed E-state index contributed by atoms with van der Waals surface area (Å²) in [5, 5.41) is 9.13. The molecule has 1 aromatic rings. The van der Waals surface area contributed by atoms with Crippen molar-refractivity contribution in [1.29, 1.82) is 0 Å². The number of hydrogen-bond donors (Lipinski definition) is 1. The standard InChI is InChI=1S/C17H25N3O2/c1-2-20-16(22)13-15(14-3-7-18-8-4-14)17(20)5-9-19(10-6-17)11-12-21/h3-4,7-8,15,21H,2,5-6,9-13H2,1H3. The number of pyridine rings is 1. The number of amides is 1. The summed E-state index contributed by atoms with van der Waals surface area (Å²) < 4.78 is 0. The topological polar surface area (TPSA) is 56.7 Å². The predicted octanol–water partition coefficient (Wildman–Crippen LogP) is 1.24. The highest BCUT2D eigenvalue weighted by Crippen LogP contribution is 2.48. The minimum Gasteiger partial charge on any atom is -0.395 e. The number of β-amino-alcohol motifs (C(OH)–C–C–N with tert-alkyl or cyclic N) is 1. The van der Waals surface area contributed by atoms with E-state index in [-0.39, 0.29) is 24.0 Å². The molecule has 2 aliphatic rings. The molecule has 2 fully saturated rings. The van der Waals surface area contributed by atoms with E-state index in [1.54, 1.807) is 0 Å². The van der Waals surface area contributed by atoms with Gasteiger partial charge in [0.05, 0.1) is 12.1 Å². The van der Waals surface area contributed by atoms with E-state index in [9.17, 15) is 4.79 Å². The maximum atomic E-state index is 12.5. The molecule has 0 saturated carbocycles. The first-order chi connectivity index (χ1) is 10.7. The van der Waals surface area contributed by atoms with E-state index in [0.29, 0.717) is 6.42 Å². The van der Waals surface area contributed by atoms with Gasteiger partial charge in [-0.3, -0.25) is 9.78 Å². The van der Waals surface area contributed by atoms with Crippen molar-refractivity contribution >= 4 is 5.91 Å². The van der Waals surface area contributed by atoms with E-state index < -0.39 is 0 Å². The third kappa shape index (κ3) is 2.52. The molecule has 1 spiro atoms. The zero-order chi connectivity index (χ0) is 15.6. The Hall–Kier alpha value is -1.46. The Labute approximate surface area is 131 Å². The van der Waals surface area contributed by atoms with Crippen molar-refractivity contribution in [1.82, 2.24) is 14.8 Å². The maximum absolute atomic E-state index is 12.5. The summed E-state index contributed by atoms with van der Waals surface area (Å²) in [4.78, 5) is 21.0. The van der Waals surface area contributed by atoms with Gasteiger partial charge in [-0.05, 0) is 37.5 Å². The SMILES string of the molecule is CCN1C(=O)CC(c2ccncc2)C12CCN(CCO)CC2. The van der Waals surface area contributed by atoms with Crippen molar-refractivity contribution in [2.24, 2.45) is 0 Å². The fourth-order valence-electron chi connectivity index (χ4n) is 4.35. The minimum atomic E-state index is -0.0564. The molecule has 1 unspecified atom stereocenters. The monoisotopic (exact) mass is 303 g/mol. The van der Waals surface area contributed by atoms with Gasteiger partial charge in [-0.2, -0.15) is 0 Å². The Balaban J connectivity index is 1.88. The van der Waals surface area contributed by atoms with Crippen LogP contribution in [0, 0.1) is 0 Å². The third-order valence-corrected chi connectivity index (χ3v) is 5.43. The molecule has 1 aromatic heterocycles. The Morgan fingerprint density at radius 3 is 2.59 bits per heavy atom. The summed E-state index contributed by atoms with van der Waals surface area (Å²) in [6.07, 6.45) is 6.23. The van der Waals surface area contributed by atoms with Crippen LogP contribution in [0.4, 0.5) is 0 Å². The molecule has 0 bridgehead atoms. The van der Waals surface area contributed by atoms with Gasteiger partial charge in [0.25, 0.3) is 0 Å². The molecular weight excluding hydrogens is 278 g/mol. The number of carbonyl (C=O) groups excluding carboxylic acids is 1. The number of hydrogen-bond acceptors (Lipinski definition) is 4. The molecule has 5 heteroatoms. The van der Waals surface area contributed by atoms with Crippen LogP contribution in [0.3, 0.4) is 0 Å². The first-order valence-corrected chi connectivity index (χ1v) is 8.25. The van der Waals surface area contributed by atoms with E-state index in [2.05, 4.69) is 33.8 Å². The Morgan fingerprint density at radius 1 is 1.32 bits per heavy atom. The first kappa shape index (κ1) is 15.4. The summed E-state index contributed by atoms with van der Waals surface area (Å²) in [5.74, 6) is 0.541. The highest BCUT2D eigenvalue weighted by atomic mass is 16.3. The summed E-state index contributed by atoms with van der Waals surface area (Å²) in [6.45, 7) is 5.69. The first-order valence-electron chi connectivity index (χ1n) is 8.25. The predicted molar refractivity (Wildman–Crippen MR) is 84.5 cm³/mol. The number of likely N-dealkylation sites (tertiary alicyclic amines) is 2. The van der Waals surface area contributed by atoms with Crippen LogP contribution in [0.25, 0.3) is 0 Å². The van der Waals surface area contributed by atoms with Crippen LogP contribution >= 0.6 is 0 Å². The molecular formula is C17H25N3O2. The maximum Gasteiger partial charge on any atom is 0.223 e. The van der Waals surface area contributed by atoms with Crippen LogP contribution in [-0.2, 0) is 4.79 Å². The summed E-state index contributed by atoms with van der Waals surface area (Å²) in [5.41, 5.74) is 1.17. The smallest absolute Gasteiger partial charge is 0.223 e. The van der Waals surface area contributed by atoms with Crippen LogP contribution in [0.2, 0.25) is 0 Å². The zero-order valence-electron chi connectivity index (χ0n) is 13.2. The highest BCUT2D eigenvalue weighted by Gasteiger charge is 2.53. The van der Waals surface area contributed by atoms with Crippen molar-refractivity contribution in [3.8, 4) is 0 Å². The second-order valence-corrected chi connectivity index (χ2v) is 6.34. The van der Waals surface area contributed by atoms with Gasteiger partial charge in [0.15, 0.2) is 0 Å². The second-order valence-electron chi connectivity index (χ2n) is 6.34. The van der Waals surface area contributed by atoms with E-state index >= 15 is 0 Å². The molecule has 3 rings (SSSR count). The van der Waals surface area contributed by atoms with Gasteiger partial charge in [0, 0.05) is 50.9 Å². The quantitative estimate of drug-likeness (QED) is 0.909. The average molecular weight is 303 g/mol. The van der Waals surface area contributed by atoms with Gasteiger partial charge in [-0.1, -0.05) is 0 Å². The summed E-state index contributed by atoms with van der Waals surface area (Å²) in [6, 6.07) is 4.11. The minimum absolute atomic E-state index is 0.0564. The van der Waals surface area contributed by atoms with Crippen molar-refractivity contribution in [2.45, 2.75) is 37.6 Å². The number of aliphatic hydroxyl groups is 1. The van der Waals surface area contributed by atoms with Gasteiger partial charge < -0.3 is 14.9 Å². The van der Waals surface area contributed by atoms with Gasteiger partial charge in [-0.25, -0.2) is 0 Å². The van der Waals surface area contributed by atoms with Crippen LogP contribution < -0.4 is 0 Å². The van der Waals surface area contributed by atoms with Crippen LogP contribution in [0.15, 0.2) is 24.5 Å². The zero-order valence-corrected chi connectivity index (χ0v) is 13.2. The van der Waals surface area contributed by atoms with E-state index in [1.807, 2.05) is 12.4 Å². The van der Waals surface area contributed by atoms with Crippen molar-refractivity contribution < 1.29 is 9.90 Å². The van der Waals surface area contributed by atoms with Crippen LogP contribution in [0.5, 0.6) is 0 Å². The number of aliphatic hydroxyl groups excluding tert-OH is 1. The summed E-state index contributed by atoms with van der Waals surface area (Å²) >= 11 is 0. The van der Waals surface area contributed by atoms with Gasteiger partial charge in [-0.15, -0.1) is 0 Å². The lowest BCUT2D eigenvalue weighted by Crippen LogP contribution is -2.55. The molecule has 1 N–H and O–H groups in total. The van der Waals surface area contributed by atoms with E-state index in [0.717, 1.165) is 39.0 Å². The number of likely N-dealkylation sites (N-methyl/N-ethyl adjacent to an activating group) is 1. The number of piperidine rings is 1. The fraction of sp³-hybridized carbons (Fsp3) is 0.647. The molecule has 0 aromatic carbocycles. The molecule has 2 saturated heterocycles. The number of nitrogens with zero attached hydrogens (tertiary/aromatic N) is 3. The van der Waals surface area contributed by atoms with E-state index in [4.69, 9.17) is 5.11 Å². The number of carbonyl (C=O) groups is 1. The van der Waals surface area contributed by atoms with Crippen molar-refractivity contribution in [3.05, 3.63) is 30.1 Å². The average Bonchev–Trinajstić information content (AvgIpc) is 2.82. The molecule has 1 atom stereocenters. The lowest BCUT2D eigenvalue weighted by molar-refractivity contribution is -0.132. The largest absolute Gasteiger partial charge is 0.395 e. The third-order valence-electron chi connectivity index (χ3n) is 5.43. The van der Waals surface area contributed by atoms with Gasteiger partial charge in [0.1, 0.15) is 0 Å². The lowest BCUT2D eigenvalue weighted by Gasteiger charge is -2.47. The Bertz CT molecular complexity index is 512. The highest BCUT2D eigenvalue weighted by molar-refractivity contribution is 5.81. The van der Waals surface area contributed by atoms with Crippen molar-refractivity contribution in [3.63, 3.8) is 0 Å². The summed E-state index contributed by atoms with van der Waals surface area (Å²) in [7, 11) is 0. The lowest BCUT2D eigenvalue weighted by atomic mass is 9.74. The second kappa shape index (κ2) is 6.34. The van der Waals surface area contributed by atoms with Gasteiger partial charge >= 0.3 is 0 Å². The molecule has 5 nitrogen and oxygen atoms in total. The molecule has 0 radical (unpaired) electrons. The molecule has 22 heavy (non-hydrogen) atoms. The molecule has 0 aliphatic carbocycles. The molecule has 2 aliphatic heterocycles. The molecule has 120 valence electrons. The Kier molecular flexibility index (Phi) is 4.45. The fourth-order valence-corrected chi connectivity index (χ4v) is 4.35. The van der Waals surface area contributed by atoms with E-state index in [1.165, 1.54) is 5.56 Å². The number of rotatable bonds is 4. The Morgan fingerprint density at radius 2 is 2.00 bits per heavy atom. The van der Waals surface area contributed by atoms with Crippen LogP contribution in [-0.4, -0.2) is 64.1 Å². The van der Waals surface area contributed by atoms with Crippen molar-refractivity contribution in [2.75, 3.05) is 32.8 Å². The molecule has 3 heterocycles. The van der Waals surface area contributed by atoms with Crippen LogP contribution in [0.1, 0.15) is 37.7 Å². The molecule has 1 amide bonds. The normalized spacial score (nSPS) is 25.1.